The Morgan fingerprint density at radius 3 is 3.00 bits per heavy atom. The van der Waals surface area contributed by atoms with Crippen molar-refractivity contribution in [3.63, 3.8) is 0 Å². The van der Waals surface area contributed by atoms with Crippen LogP contribution in [0.4, 0.5) is 0 Å². The number of halogens is 1. The summed E-state index contributed by atoms with van der Waals surface area (Å²) in [5, 5.41) is 9.23. The summed E-state index contributed by atoms with van der Waals surface area (Å²) in [5.41, 5.74) is 1.09. The van der Waals surface area contributed by atoms with E-state index in [0.717, 1.165) is 0 Å². The molecule has 0 aliphatic carbocycles. The Morgan fingerprint density at radius 1 is 1.69 bits per heavy atom. The molecule has 0 amide bonds. The van der Waals surface area contributed by atoms with Gasteiger partial charge in [0.2, 0.25) is 0 Å². The maximum absolute atomic E-state index is 11.0. The molecule has 4 nitrogen and oxygen atoms in total. The van der Waals surface area contributed by atoms with Gasteiger partial charge in [-0.2, -0.15) is 0 Å². The van der Waals surface area contributed by atoms with E-state index in [9.17, 15) is 4.79 Å². The zero-order valence-corrected chi connectivity index (χ0v) is 9.57. The fraction of sp³-hybridized carbons (Fsp3) is 0.273. The van der Waals surface area contributed by atoms with Gasteiger partial charge in [-0.3, -0.25) is 4.98 Å². The molecule has 0 unspecified atom stereocenters. The highest BCUT2D eigenvalue weighted by Crippen LogP contribution is 2.15. The molecule has 1 aromatic heterocycles. The van der Waals surface area contributed by atoms with E-state index in [0.29, 0.717) is 22.9 Å². The van der Waals surface area contributed by atoms with Gasteiger partial charge in [-0.1, -0.05) is 11.6 Å². The fourth-order valence-corrected chi connectivity index (χ4v) is 1.28. The van der Waals surface area contributed by atoms with Crippen LogP contribution in [0.1, 0.15) is 18.2 Å². The summed E-state index contributed by atoms with van der Waals surface area (Å²) in [4.78, 5) is 15.0. The van der Waals surface area contributed by atoms with Crippen LogP contribution in [0, 0.1) is 0 Å². The van der Waals surface area contributed by atoms with E-state index in [4.69, 9.17) is 21.4 Å². The molecule has 0 bridgehead atoms. The van der Waals surface area contributed by atoms with Gasteiger partial charge in [0, 0.05) is 12.3 Å². The molecular formula is C11H12ClNO3. The normalized spacial score (nSPS) is 10.7. The number of carbonyl (C=O) groups excluding carboxylic acids is 1. The van der Waals surface area contributed by atoms with Crippen LogP contribution in [0.25, 0.3) is 6.08 Å². The van der Waals surface area contributed by atoms with Gasteiger partial charge in [-0.05, 0) is 24.6 Å². The summed E-state index contributed by atoms with van der Waals surface area (Å²) in [7, 11) is 0. The number of ether oxygens (including phenoxy) is 1. The number of hydrogen-bond donors (Lipinski definition) is 1. The summed E-state index contributed by atoms with van der Waals surface area (Å²) >= 11 is 5.83. The summed E-state index contributed by atoms with van der Waals surface area (Å²) in [6.07, 6.45) is 4.38. The topological polar surface area (TPSA) is 59.4 Å². The molecule has 0 saturated carbocycles. The Bertz CT molecular complexity index is 404. The van der Waals surface area contributed by atoms with Gasteiger partial charge in [0.1, 0.15) is 0 Å². The number of carbonyl (C=O) groups is 1. The van der Waals surface area contributed by atoms with Crippen LogP contribution in [0.3, 0.4) is 0 Å². The fourth-order valence-electron chi connectivity index (χ4n) is 1.04. The van der Waals surface area contributed by atoms with Crippen molar-refractivity contribution in [2.45, 2.75) is 13.5 Å². The minimum Gasteiger partial charge on any atom is -0.463 e. The highest BCUT2D eigenvalue weighted by atomic mass is 35.5. The minimum atomic E-state index is -0.412. The van der Waals surface area contributed by atoms with Crippen molar-refractivity contribution in [2.24, 2.45) is 0 Å². The van der Waals surface area contributed by atoms with E-state index in [-0.39, 0.29) is 6.61 Å². The van der Waals surface area contributed by atoms with Crippen LogP contribution < -0.4 is 0 Å². The smallest absolute Gasteiger partial charge is 0.330 e. The zero-order chi connectivity index (χ0) is 12.0. The number of rotatable bonds is 4. The third-order valence-electron chi connectivity index (χ3n) is 1.79. The Morgan fingerprint density at radius 2 is 2.44 bits per heavy atom. The summed E-state index contributed by atoms with van der Waals surface area (Å²) in [5.74, 6) is -0.412. The van der Waals surface area contributed by atoms with Crippen molar-refractivity contribution in [3.05, 3.63) is 34.6 Å². The first-order valence-electron chi connectivity index (χ1n) is 4.77. The average Bonchev–Trinajstić information content (AvgIpc) is 2.27. The maximum Gasteiger partial charge on any atom is 0.330 e. The van der Waals surface area contributed by atoms with E-state index in [1.807, 2.05) is 0 Å². The van der Waals surface area contributed by atoms with E-state index in [2.05, 4.69) is 4.98 Å². The molecule has 86 valence electrons. The van der Waals surface area contributed by atoms with Crippen molar-refractivity contribution in [3.8, 4) is 0 Å². The third-order valence-corrected chi connectivity index (χ3v) is 2.11. The zero-order valence-electron chi connectivity index (χ0n) is 8.81. The molecule has 1 N–H and O–H groups in total. The second-order valence-electron chi connectivity index (χ2n) is 2.94. The van der Waals surface area contributed by atoms with E-state index < -0.39 is 5.97 Å². The number of hydrogen-bond acceptors (Lipinski definition) is 4. The molecule has 0 aliphatic rings. The Hall–Kier alpha value is -1.39. The molecule has 0 aromatic carbocycles. The molecule has 1 heterocycles. The van der Waals surface area contributed by atoms with Crippen molar-refractivity contribution >= 4 is 23.6 Å². The van der Waals surface area contributed by atoms with E-state index >= 15 is 0 Å². The predicted molar refractivity (Wildman–Crippen MR) is 60.8 cm³/mol. The second-order valence-corrected chi connectivity index (χ2v) is 3.35. The lowest BCUT2D eigenvalue weighted by Crippen LogP contribution is -1.98. The summed E-state index contributed by atoms with van der Waals surface area (Å²) in [6.45, 7) is 1.87. The standard InChI is InChI=1S/C11H12ClNO3/c1-2-16-11(15)4-3-8-5-9(12)10(7-14)13-6-8/h3-6,14H,2,7H2,1H3/b4-3+. The molecule has 0 aliphatic heterocycles. The van der Waals surface area contributed by atoms with Crippen LogP contribution >= 0.6 is 11.6 Å². The number of aliphatic hydroxyl groups is 1. The molecule has 0 fully saturated rings. The van der Waals surface area contributed by atoms with Crippen molar-refractivity contribution in [2.75, 3.05) is 6.61 Å². The van der Waals surface area contributed by atoms with Crippen molar-refractivity contribution in [1.29, 1.82) is 0 Å². The number of esters is 1. The number of aliphatic hydroxyl groups excluding tert-OH is 1. The summed E-state index contributed by atoms with van der Waals surface area (Å²) < 4.78 is 4.72. The van der Waals surface area contributed by atoms with E-state index in [1.54, 1.807) is 19.1 Å². The first kappa shape index (κ1) is 12.7. The van der Waals surface area contributed by atoms with Gasteiger partial charge in [0.25, 0.3) is 0 Å². The Balaban J connectivity index is 2.75. The molecule has 16 heavy (non-hydrogen) atoms. The molecule has 0 saturated heterocycles. The third kappa shape index (κ3) is 3.64. The highest BCUT2D eigenvalue weighted by molar-refractivity contribution is 6.31. The lowest BCUT2D eigenvalue weighted by Gasteiger charge is -2.00. The first-order valence-corrected chi connectivity index (χ1v) is 5.15. The highest BCUT2D eigenvalue weighted by Gasteiger charge is 2.01. The van der Waals surface area contributed by atoms with Crippen LogP contribution in [-0.4, -0.2) is 22.7 Å². The monoisotopic (exact) mass is 241 g/mol. The quantitative estimate of drug-likeness (QED) is 0.645. The SMILES string of the molecule is CCOC(=O)/C=C/c1cnc(CO)c(Cl)c1. The number of pyridine rings is 1. The number of nitrogens with zero attached hydrogens (tertiary/aromatic N) is 1. The molecule has 0 spiro atoms. The lowest BCUT2D eigenvalue weighted by atomic mass is 10.2. The van der Waals surface area contributed by atoms with Crippen LogP contribution in [0.5, 0.6) is 0 Å². The first-order chi connectivity index (χ1) is 7.67. The molecule has 0 radical (unpaired) electrons. The van der Waals surface area contributed by atoms with Gasteiger partial charge in [-0.25, -0.2) is 4.79 Å². The molecule has 1 rings (SSSR count). The van der Waals surface area contributed by atoms with E-state index in [1.165, 1.54) is 12.3 Å². The molecule has 5 heteroatoms. The van der Waals surface area contributed by atoms with Gasteiger partial charge in [0.15, 0.2) is 0 Å². The number of aromatic nitrogens is 1. The minimum absolute atomic E-state index is 0.208. The lowest BCUT2D eigenvalue weighted by molar-refractivity contribution is -0.137. The van der Waals surface area contributed by atoms with Crippen LogP contribution in [0.15, 0.2) is 18.3 Å². The second kappa shape index (κ2) is 6.25. The summed E-state index contributed by atoms with van der Waals surface area (Å²) in [6, 6.07) is 1.62. The predicted octanol–water partition coefficient (Wildman–Crippen LogP) is 1.80. The van der Waals surface area contributed by atoms with Gasteiger partial charge < -0.3 is 9.84 Å². The maximum atomic E-state index is 11.0. The average molecular weight is 242 g/mol. The largest absolute Gasteiger partial charge is 0.463 e. The van der Waals surface area contributed by atoms with Gasteiger partial charge in [-0.15, -0.1) is 0 Å². The van der Waals surface area contributed by atoms with Gasteiger partial charge in [0.05, 0.1) is 23.9 Å². The Labute approximate surface area is 98.5 Å². The molecule has 1 aromatic rings. The molecular weight excluding hydrogens is 230 g/mol. The van der Waals surface area contributed by atoms with Crippen LogP contribution in [-0.2, 0) is 16.1 Å². The van der Waals surface area contributed by atoms with Crippen molar-refractivity contribution in [1.82, 2.24) is 4.98 Å². The molecule has 0 atom stereocenters. The van der Waals surface area contributed by atoms with Crippen LogP contribution in [0.2, 0.25) is 5.02 Å². The Kier molecular flexibility index (Phi) is 4.95. The van der Waals surface area contributed by atoms with Crippen molar-refractivity contribution < 1.29 is 14.6 Å². The van der Waals surface area contributed by atoms with Gasteiger partial charge >= 0.3 is 5.97 Å².